The number of hydrogen-bond donors (Lipinski definition) is 1. The van der Waals surface area contributed by atoms with E-state index in [2.05, 4.69) is 5.10 Å². The molecule has 0 bridgehead atoms. The molecule has 0 aromatic carbocycles. The Labute approximate surface area is 125 Å². The molecule has 1 atom stereocenters. The minimum absolute atomic E-state index is 0.132. The van der Waals surface area contributed by atoms with E-state index < -0.39 is 5.60 Å². The van der Waals surface area contributed by atoms with Crippen molar-refractivity contribution >= 4 is 5.91 Å². The summed E-state index contributed by atoms with van der Waals surface area (Å²) in [6.45, 7) is 1.66. The summed E-state index contributed by atoms with van der Waals surface area (Å²) in [7, 11) is 1.93. The minimum Gasteiger partial charge on any atom is -0.389 e. The Bertz CT molecular complexity index is 505. The van der Waals surface area contributed by atoms with Crippen LogP contribution in [-0.4, -0.2) is 44.4 Å². The summed E-state index contributed by atoms with van der Waals surface area (Å²) >= 11 is 0. The molecule has 21 heavy (non-hydrogen) atoms. The molecule has 2 heterocycles. The smallest absolute Gasteiger partial charge is 0.225 e. The van der Waals surface area contributed by atoms with Gasteiger partial charge >= 0.3 is 0 Å². The highest BCUT2D eigenvalue weighted by Gasteiger charge is 2.36. The molecule has 1 aromatic heterocycles. The second kappa shape index (κ2) is 5.79. The summed E-state index contributed by atoms with van der Waals surface area (Å²) in [5.74, 6) is 0.657. The number of carbonyl (C=O) groups excluding carboxylic acids is 1. The molecule has 1 aliphatic heterocycles. The molecular formula is C16H25N3O2. The van der Waals surface area contributed by atoms with Crippen LogP contribution in [0.1, 0.15) is 44.1 Å². The van der Waals surface area contributed by atoms with Crippen LogP contribution >= 0.6 is 0 Å². The van der Waals surface area contributed by atoms with E-state index in [4.69, 9.17) is 0 Å². The van der Waals surface area contributed by atoms with Crippen molar-refractivity contribution in [2.24, 2.45) is 13.0 Å². The van der Waals surface area contributed by atoms with Crippen LogP contribution in [0.5, 0.6) is 0 Å². The Morgan fingerprint density at radius 3 is 2.90 bits per heavy atom. The highest BCUT2D eigenvalue weighted by atomic mass is 16.3. The fourth-order valence-electron chi connectivity index (χ4n) is 3.74. The zero-order chi connectivity index (χ0) is 14.9. The van der Waals surface area contributed by atoms with Crippen LogP contribution < -0.4 is 0 Å². The Kier molecular flexibility index (Phi) is 4.02. The van der Waals surface area contributed by atoms with Crippen molar-refractivity contribution in [3.8, 4) is 0 Å². The summed E-state index contributed by atoms with van der Waals surface area (Å²) < 4.78 is 1.82. The number of rotatable bonds is 4. The first-order valence-electron chi connectivity index (χ1n) is 8.02. The van der Waals surface area contributed by atoms with Crippen molar-refractivity contribution in [3.05, 3.63) is 18.0 Å². The van der Waals surface area contributed by atoms with Gasteiger partial charge in [0, 0.05) is 26.3 Å². The Morgan fingerprint density at radius 2 is 2.24 bits per heavy atom. The molecule has 3 rings (SSSR count). The van der Waals surface area contributed by atoms with Gasteiger partial charge in [0.05, 0.1) is 18.2 Å². The maximum absolute atomic E-state index is 12.4. The minimum atomic E-state index is -0.724. The SMILES string of the molecule is Cn1cc(CC2CCN(C(=O)CC3(O)CCCC3)C2)cn1. The number of hydrogen-bond acceptors (Lipinski definition) is 3. The first-order chi connectivity index (χ1) is 10.0. The number of likely N-dealkylation sites (tertiary alicyclic amines) is 1. The predicted molar refractivity (Wildman–Crippen MR) is 79.6 cm³/mol. The zero-order valence-electron chi connectivity index (χ0n) is 12.8. The van der Waals surface area contributed by atoms with Gasteiger partial charge < -0.3 is 10.0 Å². The van der Waals surface area contributed by atoms with Crippen molar-refractivity contribution in [3.63, 3.8) is 0 Å². The van der Waals surface area contributed by atoms with Gasteiger partial charge in [0.1, 0.15) is 0 Å². The van der Waals surface area contributed by atoms with Gasteiger partial charge in [-0.1, -0.05) is 12.8 Å². The molecule has 1 saturated carbocycles. The zero-order valence-corrected chi connectivity index (χ0v) is 12.8. The highest BCUT2D eigenvalue weighted by molar-refractivity contribution is 5.77. The molecule has 5 nitrogen and oxygen atoms in total. The molecule has 5 heteroatoms. The van der Waals surface area contributed by atoms with Gasteiger partial charge in [0.25, 0.3) is 0 Å². The van der Waals surface area contributed by atoms with Gasteiger partial charge in [-0.3, -0.25) is 9.48 Å². The van der Waals surface area contributed by atoms with Crippen LogP contribution in [0.2, 0.25) is 0 Å². The van der Waals surface area contributed by atoms with Crippen LogP contribution in [-0.2, 0) is 18.3 Å². The number of aliphatic hydroxyl groups is 1. The molecule has 1 unspecified atom stereocenters. The lowest BCUT2D eigenvalue weighted by molar-refractivity contribution is -0.135. The van der Waals surface area contributed by atoms with E-state index in [1.165, 1.54) is 5.56 Å². The molecule has 1 N–H and O–H groups in total. The molecule has 1 amide bonds. The van der Waals surface area contributed by atoms with Crippen LogP contribution in [0.15, 0.2) is 12.4 Å². The van der Waals surface area contributed by atoms with Crippen molar-refractivity contribution in [1.82, 2.24) is 14.7 Å². The second-order valence-electron chi connectivity index (χ2n) is 6.83. The summed E-state index contributed by atoms with van der Waals surface area (Å²) in [5.41, 5.74) is 0.518. The normalized spacial score (nSPS) is 24.7. The third-order valence-corrected chi connectivity index (χ3v) is 4.94. The van der Waals surface area contributed by atoms with Crippen LogP contribution in [0, 0.1) is 5.92 Å². The first kappa shape index (κ1) is 14.6. The maximum Gasteiger partial charge on any atom is 0.225 e. The largest absolute Gasteiger partial charge is 0.389 e. The van der Waals surface area contributed by atoms with Gasteiger partial charge in [-0.05, 0) is 37.2 Å². The van der Waals surface area contributed by atoms with Gasteiger partial charge in [-0.15, -0.1) is 0 Å². The van der Waals surface area contributed by atoms with Crippen LogP contribution in [0.25, 0.3) is 0 Å². The monoisotopic (exact) mass is 291 g/mol. The van der Waals surface area contributed by atoms with Crippen LogP contribution in [0.3, 0.4) is 0 Å². The average molecular weight is 291 g/mol. The third kappa shape index (κ3) is 3.46. The summed E-state index contributed by atoms with van der Waals surface area (Å²) in [5, 5.41) is 14.6. The van der Waals surface area contributed by atoms with Crippen molar-refractivity contribution in [1.29, 1.82) is 0 Å². The van der Waals surface area contributed by atoms with Crippen molar-refractivity contribution in [2.45, 2.75) is 50.5 Å². The number of aromatic nitrogens is 2. The summed E-state index contributed by atoms with van der Waals surface area (Å²) in [6.07, 6.45) is 9.98. The lowest BCUT2D eigenvalue weighted by Gasteiger charge is -2.25. The standard InChI is InChI=1S/C16H25N3O2/c1-18-11-14(10-17-18)8-13-4-7-19(12-13)15(20)9-16(21)5-2-3-6-16/h10-11,13,21H,2-9,12H2,1H3. The molecule has 1 aliphatic carbocycles. The van der Waals surface area contributed by atoms with E-state index in [-0.39, 0.29) is 5.91 Å². The van der Waals surface area contributed by atoms with Gasteiger partial charge in [0.2, 0.25) is 5.91 Å². The van der Waals surface area contributed by atoms with Crippen molar-refractivity contribution < 1.29 is 9.90 Å². The molecule has 116 valence electrons. The second-order valence-corrected chi connectivity index (χ2v) is 6.83. The summed E-state index contributed by atoms with van der Waals surface area (Å²) in [4.78, 5) is 14.3. The topological polar surface area (TPSA) is 58.4 Å². The van der Waals surface area contributed by atoms with E-state index in [1.54, 1.807) is 0 Å². The predicted octanol–water partition coefficient (Wildman–Crippen LogP) is 1.51. The van der Waals surface area contributed by atoms with Crippen LogP contribution in [0.4, 0.5) is 0 Å². The molecule has 2 aliphatic rings. The lowest BCUT2D eigenvalue weighted by atomic mass is 9.97. The number of amides is 1. The Hall–Kier alpha value is -1.36. The van der Waals surface area contributed by atoms with E-state index in [1.807, 2.05) is 29.0 Å². The van der Waals surface area contributed by atoms with E-state index in [0.717, 1.165) is 51.6 Å². The molecule has 2 fully saturated rings. The number of aryl methyl sites for hydroxylation is 1. The quantitative estimate of drug-likeness (QED) is 0.914. The van der Waals surface area contributed by atoms with Gasteiger partial charge in [-0.25, -0.2) is 0 Å². The van der Waals surface area contributed by atoms with Gasteiger partial charge in [-0.2, -0.15) is 5.10 Å². The molecule has 1 saturated heterocycles. The average Bonchev–Trinajstić information content (AvgIpc) is 3.13. The molecule has 1 aromatic rings. The number of nitrogens with zero attached hydrogens (tertiary/aromatic N) is 3. The fraction of sp³-hybridized carbons (Fsp3) is 0.750. The lowest BCUT2D eigenvalue weighted by Crippen LogP contribution is -2.37. The van der Waals surface area contributed by atoms with Gasteiger partial charge in [0.15, 0.2) is 0 Å². The molecular weight excluding hydrogens is 266 g/mol. The Morgan fingerprint density at radius 1 is 1.48 bits per heavy atom. The first-order valence-corrected chi connectivity index (χ1v) is 8.02. The molecule has 0 radical (unpaired) electrons. The summed E-state index contributed by atoms with van der Waals surface area (Å²) in [6, 6.07) is 0. The number of carbonyl (C=O) groups is 1. The molecule has 0 spiro atoms. The fourth-order valence-corrected chi connectivity index (χ4v) is 3.74. The highest BCUT2D eigenvalue weighted by Crippen LogP contribution is 2.33. The van der Waals surface area contributed by atoms with Crippen molar-refractivity contribution in [2.75, 3.05) is 13.1 Å². The maximum atomic E-state index is 12.4. The van der Waals surface area contributed by atoms with E-state index in [0.29, 0.717) is 12.3 Å². The van der Waals surface area contributed by atoms with E-state index >= 15 is 0 Å². The Balaban J connectivity index is 1.50. The van der Waals surface area contributed by atoms with E-state index in [9.17, 15) is 9.90 Å². The third-order valence-electron chi connectivity index (χ3n) is 4.94.